The molecule has 0 aromatic rings. The Hall–Kier alpha value is -1.18. The average Bonchev–Trinajstić information content (AvgIpc) is 3.06. The van der Waals surface area contributed by atoms with Crippen molar-refractivity contribution in [1.29, 1.82) is 0 Å². The van der Waals surface area contributed by atoms with E-state index < -0.39 is 0 Å². The van der Waals surface area contributed by atoms with Gasteiger partial charge in [0.05, 0.1) is 12.6 Å². The average molecular weight is 669 g/mol. The molecule has 0 bridgehead atoms. The molecule has 0 spiro atoms. The number of nitrogens with zero attached hydrogens (tertiary/aromatic N) is 2. The molecule has 0 aliphatic heterocycles. The van der Waals surface area contributed by atoms with E-state index in [1.54, 1.807) is 0 Å². The maximum Gasteiger partial charge on any atom is 0.342 e. The number of hydroxylamine groups is 2. The number of carbonyl (C=O) groups excluding carboxylic acids is 2. The van der Waals surface area contributed by atoms with Crippen LogP contribution in [0.1, 0.15) is 207 Å². The highest BCUT2D eigenvalue weighted by Gasteiger charge is 2.24. The van der Waals surface area contributed by atoms with E-state index in [9.17, 15) is 9.59 Å². The minimum absolute atomic E-state index is 0.0200. The van der Waals surface area contributed by atoms with Gasteiger partial charge in [0.25, 0.3) is 0 Å². The second-order valence-corrected chi connectivity index (χ2v) is 14.1. The first-order chi connectivity index (χ1) is 22.9. The third-order valence-corrected chi connectivity index (χ3v) is 9.30. The topological polar surface area (TPSA) is 68.3 Å². The Morgan fingerprint density at radius 1 is 0.553 bits per heavy atom. The standard InChI is InChI=1S/C40H80N2O5/c1-7-11-13-15-17-19-21-25-31-37(32-26-22-23-27-34-40(44)47-46-38(9-3)10-4)42(39(43)33-28-29-35-41(5)6)45-36-30-24-20-18-16-14-12-8-2/h37-38H,7-36H2,1-6H3. The van der Waals surface area contributed by atoms with Crippen LogP contribution in [0.4, 0.5) is 0 Å². The summed E-state index contributed by atoms with van der Waals surface area (Å²) >= 11 is 0. The van der Waals surface area contributed by atoms with Crippen molar-refractivity contribution in [1.82, 2.24) is 9.96 Å². The largest absolute Gasteiger partial charge is 0.342 e. The minimum atomic E-state index is -0.273. The summed E-state index contributed by atoms with van der Waals surface area (Å²) in [6.45, 7) is 10.2. The zero-order valence-corrected chi connectivity index (χ0v) is 32.3. The molecule has 0 aromatic carbocycles. The van der Waals surface area contributed by atoms with Gasteiger partial charge < -0.3 is 4.90 Å². The van der Waals surface area contributed by atoms with Gasteiger partial charge in [-0.3, -0.25) is 14.5 Å². The van der Waals surface area contributed by atoms with Crippen LogP contribution in [0.3, 0.4) is 0 Å². The molecule has 0 radical (unpaired) electrons. The lowest BCUT2D eigenvalue weighted by Crippen LogP contribution is -2.40. The van der Waals surface area contributed by atoms with Crippen LogP contribution >= 0.6 is 0 Å². The number of amides is 1. The Balaban J connectivity index is 5.03. The molecule has 7 nitrogen and oxygen atoms in total. The van der Waals surface area contributed by atoms with Crippen LogP contribution in [-0.4, -0.2) is 61.2 Å². The van der Waals surface area contributed by atoms with Gasteiger partial charge in [0.15, 0.2) is 0 Å². The van der Waals surface area contributed by atoms with Crippen LogP contribution in [0, 0.1) is 0 Å². The lowest BCUT2D eigenvalue weighted by Gasteiger charge is -2.31. The van der Waals surface area contributed by atoms with Gasteiger partial charge in [0, 0.05) is 12.8 Å². The molecule has 1 atom stereocenters. The summed E-state index contributed by atoms with van der Waals surface area (Å²) in [4.78, 5) is 44.6. The number of hydrogen-bond acceptors (Lipinski definition) is 6. The first kappa shape index (κ1) is 45.8. The third-order valence-electron chi connectivity index (χ3n) is 9.30. The highest BCUT2D eigenvalue weighted by Crippen LogP contribution is 2.22. The van der Waals surface area contributed by atoms with Crippen molar-refractivity contribution in [3.05, 3.63) is 0 Å². The van der Waals surface area contributed by atoms with Crippen molar-refractivity contribution in [2.24, 2.45) is 0 Å². The van der Waals surface area contributed by atoms with Crippen LogP contribution in [0.2, 0.25) is 0 Å². The number of unbranched alkanes of at least 4 members (excludes halogenated alkanes) is 18. The second kappa shape index (κ2) is 34.7. The van der Waals surface area contributed by atoms with Gasteiger partial charge >= 0.3 is 5.97 Å². The van der Waals surface area contributed by atoms with Crippen molar-refractivity contribution in [3.63, 3.8) is 0 Å². The highest BCUT2D eigenvalue weighted by atomic mass is 17.2. The van der Waals surface area contributed by atoms with Crippen LogP contribution < -0.4 is 0 Å². The molecule has 280 valence electrons. The zero-order valence-electron chi connectivity index (χ0n) is 32.3. The Kier molecular flexibility index (Phi) is 33.8. The van der Waals surface area contributed by atoms with Gasteiger partial charge in [-0.1, -0.05) is 143 Å². The molecule has 0 aliphatic rings. The summed E-state index contributed by atoms with van der Waals surface area (Å²) in [6, 6.07) is 0.129. The van der Waals surface area contributed by atoms with Gasteiger partial charge in [-0.25, -0.2) is 9.86 Å². The molecule has 7 heteroatoms. The Bertz CT molecular complexity index is 686. The van der Waals surface area contributed by atoms with Crippen molar-refractivity contribution < 1.29 is 24.2 Å². The Morgan fingerprint density at radius 2 is 1.02 bits per heavy atom. The van der Waals surface area contributed by atoms with Crippen molar-refractivity contribution in [2.75, 3.05) is 27.2 Å². The first-order valence-corrected chi connectivity index (χ1v) is 20.3. The maximum absolute atomic E-state index is 13.6. The fraction of sp³-hybridized carbons (Fsp3) is 0.950. The fourth-order valence-corrected chi connectivity index (χ4v) is 6.08. The minimum Gasteiger partial charge on any atom is -0.309 e. The summed E-state index contributed by atoms with van der Waals surface area (Å²) in [5, 5.41) is 1.82. The maximum atomic E-state index is 13.6. The molecule has 0 heterocycles. The third kappa shape index (κ3) is 29.5. The number of carbonyl (C=O) groups is 2. The normalized spacial score (nSPS) is 12.3. The molecular formula is C40H80N2O5. The van der Waals surface area contributed by atoms with Crippen molar-refractivity contribution in [3.8, 4) is 0 Å². The van der Waals surface area contributed by atoms with Crippen molar-refractivity contribution >= 4 is 11.9 Å². The molecule has 0 rings (SSSR count). The van der Waals surface area contributed by atoms with E-state index in [4.69, 9.17) is 14.6 Å². The molecule has 0 fully saturated rings. The summed E-state index contributed by atoms with van der Waals surface area (Å²) < 4.78 is 0. The van der Waals surface area contributed by atoms with Gasteiger partial charge in [0.1, 0.15) is 6.10 Å². The summed E-state index contributed by atoms with van der Waals surface area (Å²) in [5.41, 5.74) is 0. The Labute approximate surface area is 292 Å². The Morgan fingerprint density at radius 3 is 1.53 bits per heavy atom. The molecule has 1 unspecified atom stereocenters. The fourth-order valence-electron chi connectivity index (χ4n) is 6.08. The summed E-state index contributed by atoms with van der Waals surface area (Å²) in [6.07, 6.45) is 30.7. The molecular weight excluding hydrogens is 588 g/mol. The van der Waals surface area contributed by atoms with E-state index >= 15 is 0 Å². The van der Waals surface area contributed by atoms with E-state index in [-0.39, 0.29) is 24.0 Å². The van der Waals surface area contributed by atoms with E-state index in [2.05, 4.69) is 32.8 Å². The number of hydrogen-bond donors (Lipinski definition) is 0. The summed E-state index contributed by atoms with van der Waals surface area (Å²) in [7, 11) is 4.18. The van der Waals surface area contributed by atoms with E-state index in [1.165, 1.54) is 89.9 Å². The second-order valence-electron chi connectivity index (χ2n) is 14.1. The van der Waals surface area contributed by atoms with Gasteiger partial charge in [-0.15, -0.1) is 0 Å². The van der Waals surface area contributed by atoms with Crippen LogP contribution in [0.25, 0.3) is 0 Å². The first-order valence-electron chi connectivity index (χ1n) is 20.3. The van der Waals surface area contributed by atoms with Crippen LogP contribution in [0.5, 0.6) is 0 Å². The zero-order chi connectivity index (χ0) is 34.8. The highest BCUT2D eigenvalue weighted by molar-refractivity contribution is 5.75. The van der Waals surface area contributed by atoms with Gasteiger partial charge in [-0.2, -0.15) is 4.89 Å². The van der Waals surface area contributed by atoms with Gasteiger partial charge in [0.2, 0.25) is 5.91 Å². The van der Waals surface area contributed by atoms with Gasteiger partial charge in [-0.05, 0) is 72.0 Å². The summed E-state index contributed by atoms with van der Waals surface area (Å²) in [5.74, 6) is -0.113. The molecule has 47 heavy (non-hydrogen) atoms. The van der Waals surface area contributed by atoms with Crippen LogP contribution in [-0.2, 0) is 24.2 Å². The number of rotatable bonds is 36. The van der Waals surface area contributed by atoms with E-state index in [0.717, 1.165) is 83.6 Å². The molecule has 0 N–H and O–H groups in total. The lowest BCUT2D eigenvalue weighted by molar-refractivity contribution is -0.298. The molecule has 0 saturated heterocycles. The predicted molar refractivity (Wildman–Crippen MR) is 198 cm³/mol. The molecule has 0 saturated carbocycles. The monoisotopic (exact) mass is 669 g/mol. The quantitative estimate of drug-likeness (QED) is 0.0376. The van der Waals surface area contributed by atoms with E-state index in [1.807, 2.05) is 18.9 Å². The predicted octanol–water partition coefficient (Wildman–Crippen LogP) is 11.5. The lowest BCUT2D eigenvalue weighted by atomic mass is 9.99. The van der Waals surface area contributed by atoms with E-state index in [0.29, 0.717) is 19.4 Å². The molecule has 1 amide bonds. The van der Waals surface area contributed by atoms with Crippen LogP contribution in [0.15, 0.2) is 0 Å². The smallest absolute Gasteiger partial charge is 0.309 e. The van der Waals surface area contributed by atoms with Crippen molar-refractivity contribution in [2.45, 2.75) is 220 Å². The molecule has 0 aliphatic carbocycles. The molecule has 0 aromatic heterocycles. The SMILES string of the molecule is CCCCCCCCCCON(C(=O)CCCCN(C)C)C(CCCCCCCCCC)CCCCCCC(=O)OOC(CC)CC.